The first kappa shape index (κ1) is 23.4. The van der Waals surface area contributed by atoms with Crippen molar-refractivity contribution in [2.24, 2.45) is 0 Å². The highest BCUT2D eigenvalue weighted by molar-refractivity contribution is 6.32. The van der Waals surface area contributed by atoms with Gasteiger partial charge in [-0.1, -0.05) is 11.6 Å². The highest BCUT2D eigenvalue weighted by atomic mass is 35.5. The number of carbonyl (C=O) groups excluding carboxylic acids is 2. The third-order valence-corrected chi connectivity index (χ3v) is 6.35. The van der Waals surface area contributed by atoms with Crippen molar-refractivity contribution >= 4 is 34.8 Å². The van der Waals surface area contributed by atoms with E-state index >= 15 is 0 Å². The number of nitrogen functional groups attached to an aromatic ring is 1. The molecule has 6 nitrogen and oxygen atoms in total. The number of fused-ring (bicyclic) bond motifs is 1. The van der Waals surface area contributed by atoms with Crippen LogP contribution in [0.4, 0.5) is 24.5 Å². The topological polar surface area (TPSA) is 69.9 Å². The van der Waals surface area contributed by atoms with E-state index in [1.54, 1.807) is 18.2 Å². The van der Waals surface area contributed by atoms with Crippen LogP contribution in [0.3, 0.4) is 0 Å². The molecule has 0 radical (unpaired) electrons. The molecule has 10 heteroatoms. The fourth-order valence-electron chi connectivity index (χ4n) is 4.29. The minimum atomic E-state index is -4.48. The van der Waals surface area contributed by atoms with Gasteiger partial charge in [-0.15, -0.1) is 0 Å². The molecule has 4 rings (SSSR count). The maximum absolute atomic E-state index is 13.1. The molecule has 2 heterocycles. The molecule has 2 aromatic carbocycles. The first-order valence-electron chi connectivity index (χ1n) is 10.7. The number of hydrogen-bond acceptors (Lipinski definition) is 5. The molecule has 2 aliphatic rings. The second-order valence-electron chi connectivity index (χ2n) is 8.26. The van der Waals surface area contributed by atoms with Gasteiger partial charge in [-0.25, -0.2) is 0 Å². The lowest BCUT2D eigenvalue weighted by atomic mass is 10.1. The second kappa shape index (κ2) is 9.23. The van der Waals surface area contributed by atoms with Crippen LogP contribution in [0.5, 0.6) is 0 Å². The average Bonchev–Trinajstić information content (AvgIpc) is 3.00. The lowest BCUT2D eigenvalue weighted by Gasteiger charge is -2.36. The molecular weight excluding hydrogens is 457 g/mol. The van der Waals surface area contributed by atoms with E-state index in [-0.39, 0.29) is 17.5 Å². The predicted molar refractivity (Wildman–Crippen MR) is 121 cm³/mol. The summed E-state index contributed by atoms with van der Waals surface area (Å²) < 4.78 is 39.4. The molecule has 0 saturated carbocycles. The molecule has 1 fully saturated rings. The molecule has 2 aliphatic heterocycles. The quantitative estimate of drug-likeness (QED) is 0.382. The van der Waals surface area contributed by atoms with Gasteiger partial charge in [-0.05, 0) is 55.8 Å². The summed E-state index contributed by atoms with van der Waals surface area (Å²) in [4.78, 5) is 30.4. The van der Waals surface area contributed by atoms with Crippen LogP contribution >= 0.6 is 11.6 Å². The van der Waals surface area contributed by atoms with Crippen molar-refractivity contribution in [1.82, 2.24) is 9.80 Å². The maximum atomic E-state index is 13.1. The molecule has 1 saturated heterocycles. The van der Waals surface area contributed by atoms with Crippen LogP contribution in [0.25, 0.3) is 0 Å². The fraction of sp³-hybridized carbons (Fsp3) is 0.391. The van der Waals surface area contributed by atoms with Crippen molar-refractivity contribution in [1.29, 1.82) is 0 Å². The zero-order valence-corrected chi connectivity index (χ0v) is 18.6. The summed E-state index contributed by atoms with van der Waals surface area (Å²) in [5.74, 6) is -0.602. The van der Waals surface area contributed by atoms with Gasteiger partial charge in [-0.3, -0.25) is 19.4 Å². The summed E-state index contributed by atoms with van der Waals surface area (Å²) >= 11 is 5.93. The number of nitrogens with zero attached hydrogens (tertiary/aromatic N) is 3. The summed E-state index contributed by atoms with van der Waals surface area (Å²) in [5, 5.41) is 0.421. The lowest BCUT2D eigenvalue weighted by molar-refractivity contribution is -0.136. The monoisotopic (exact) mass is 480 g/mol. The molecule has 0 unspecified atom stereocenters. The normalized spacial score (nSPS) is 17.1. The van der Waals surface area contributed by atoms with Gasteiger partial charge in [-0.2, -0.15) is 13.2 Å². The molecule has 0 spiro atoms. The SMILES string of the molecule is Nc1ccc(N2CCN(CCCCN3C(=O)c4ccc(Cl)cc4C3=O)CC2)cc1C(F)(F)F. The Morgan fingerprint density at radius 2 is 1.55 bits per heavy atom. The molecule has 0 aromatic heterocycles. The number of alkyl halides is 3. The van der Waals surface area contributed by atoms with Crippen molar-refractivity contribution in [3.8, 4) is 0 Å². The molecule has 0 atom stereocenters. The Labute approximate surface area is 194 Å². The first-order valence-corrected chi connectivity index (χ1v) is 11.1. The minimum absolute atomic E-state index is 0.272. The number of piperazine rings is 1. The molecule has 176 valence electrons. The third kappa shape index (κ3) is 4.94. The summed E-state index contributed by atoms with van der Waals surface area (Å²) in [6.07, 6.45) is -3.01. The molecule has 2 amide bonds. The van der Waals surface area contributed by atoms with Gasteiger partial charge >= 0.3 is 6.18 Å². The minimum Gasteiger partial charge on any atom is -0.398 e. The third-order valence-electron chi connectivity index (χ3n) is 6.12. The van der Waals surface area contributed by atoms with Crippen LogP contribution in [-0.4, -0.2) is 60.9 Å². The van der Waals surface area contributed by atoms with Crippen LogP contribution in [0.15, 0.2) is 36.4 Å². The highest BCUT2D eigenvalue weighted by Crippen LogP contribution is 2.36. The van der Waals surface area contributed by atoms with E-state index in [2.05, 4.69) is 4.90 Å². The number of halogens is 4. The number of hydrogen-bond donors (Lipinski definition) is 1. The van der Waals surface area contributed by atoms with Crippen LogP contribution in [0, 0.1) is 0 Å². The number of imide groups is 1. The number of rotatable bonds is 6. The van der Waals surface area contributed by atoms with E-state index in [1.807, 2.05) is 4.90 Å². The Hall–Kier alpha value is -2.78. The Balaban J connectivity index is 1.23. The molecule has 0 bridgehead atoms. The number of nitrogens with two attached hydrogens (primary N) is 1. The number of anilines is 2. The summed E-state index contributed by atoms with van der Waals surface area (Å²) in [7, 11) is 0. The zero-order valence-electron chi connectivity index (χ0n) is 17.9. The van der Waals surface area contributed by atoms with Crippen molar-refractivity contribution in [2.75, 3.05) is 49.9 Å². The predicted octanol–water partition coefficient (Wildman–Crippen LogP) is 4.14. The van der Waals surface area contributed by atoms with Gasteiger partial charge in [0.15, 0.2) is 0 Å². The number of carbonyl (C=O) groups is 2. The lowest BCUT2D eigenvalue weighted by Crippen LogP contribution is -2.46. The van der Waals surface area contributed by atoms with Crippen LogP contribution in [0.2, 0.25) is 5.02 Å². The standard InChI is InChI=1S/C23H24ClF3N4O2/c24-15-3-5-17-18(13-15)22(33)31(21(17)32)8-2-1-7-29-9-11-30(12-10-29)16-4-6-20(28)19(14-16)23(25,26)27/h3-6,13-14H,1-2,7-12,28H2. The molecule has 0 aliphatic carbocycles. The largest absolute Gasteiger partial charge is 0.418 e. The van der Waals surface area contributed by atoms with Crippen molar-refractivity contribution in [3.63, 3.8) is 0 Å². The van der Waals surface area contributed by atoms with Crippen LogP contribution < -0.4 is 10.6 Å². The van der Waals surface area contributed by atoms with Crippen molar-refractivity contribution in [2.45, 2.75) is 19.0 Å². The van der Waals surface area contributed by atoms with E-state index in [9.17, 15) is 22.8 Å². The van der Waals surface area contributed by atoms with Crippen LogP contribution in [0.1, 0.15) is 39.1 Å². The Bertz CT molecular complexity index is 1070. The van der Waals surface area contributed by atoms with Gasteiger partial charge in [0.05, 0.1) is 16.7 Å². The smallest absolute Gasteiger partial charge is 0.398 e. The van der Waals surface area contributed by atoms with Gasteiger partial charge in [0.1, 0.15) is 0 Å². The maximum Gasteiger partial charge on any atom is 0.418 e. The average molecular weight is 481 g/mol. The van der Waals surface area contributed by atoms with Gasteiger partial charge in [0, 0.05) is 49.1 Å². The highest BCUT2D eigenvalue weighted by Gasteiger charge is 2.35. The molecular formula is C23H24ClF3N4O2. The first-order chi connectivity index (χ1) is 15.6. The second-order valence-corrected chi connectivity index (χ2v) is 8.69. The number of unbranched alkanes of at least 4 members (excludes halogenated alkanes) is 1. The Morgan fingerprint density at radius 1 is 0.879 bits per heavy atom. The van der Waals surface area contributed by atoms with E-state index in [1.165, 1.54) is 17.0 Å². The fourth-order valence-corrected chi connectivity index (χ4v) is 4.46. The van der Waals surface area contributed by atoms with Crippen molar-refractivity contribution < 1.29 is 22.8 Å². The summed E-state index contributed by atoms with van der Waals surface area (Å²) in [5.41, 5.74) is 5.66. The Kier molecular flexibility index (Phi) is 6.54. The summed E-state index contributed by atoms with van der Waals surface area (Å²) in [6.45, 7) is 3.79. The van der Waals surface area contributed by atoms with E-state index in [4.69, 9.17) is 17.3 Å². The molecule has 2 N–H and O–H groups in total. The van der Waals surface area contributed by atoms with Gasteiger partial charge in [0.2, 0.25) is 0 Å². The zero-order chi connectivity index (χ0) is 23.8. The summed E-state index contributed by atoms with van der Waals surface area (Å²) in [6, 6.07) is 8.74. The van der Waals surface area contributed by atoms with E-state index in [0.29, 0.717) is 47.9 Å². The van der Waals surface area contributed by atoms with Crippen LogP contribution in [-0.2, 0) is 6.18 Å². The van der Waals surface area contributed by atoms with E-state index < -0.39 is 11.7 Å². The van der Waals surface area contributed by atoms with E-state index in [0.717, 1.165) is 32.1 Å². The number of amides is 2. The molecule has 2 aromatic rings. The number of benzene rings is 2. The van der Waals surface area contributed by atoms with Gasteiger partial charge in [0.25, 0.3) is 11.8 Å². The van der Waals surface area contributed by atoms with Crippen molar-refractivity contribution in [3.05, 3.63) is 58.1 Å². The van der Waals surface area contributed by atoms with Gasteiger partial charge < -0.3 is 10.6 Å². The molecule has 33 heavy (non-hydrogen) atoms. The Morgan fingerprint density at radius 3 is 2.24 bits per heavy atom.